The second-order valence-corrected chi connectivity index (χ2v) is 20.0. The highest BCUT2D eigenvalue weighted by Crippen LogP contribution is 2.46. The highest BCUT2D eigenvalue weighted by molar-refractivity contribution is 6.25. The quantitative estimate of drug-likeness (QED) is 0.130. The summed E-state index contributed by atoms with van der Waals surface area (Å²) in [6.07, 6.45) is 5.42. The van der Waals surface area contributed by atoms with Crippen molar-refractivity contribution in [2.24, 2.45) is 0 Å². The Morgan fingerprint density at radius 1 is 0.355 bits per heavy atom. The molecule has 0 aliphatic carbocycles. The predicted octanol–water partition coefficient (Wildman–Crippen LogP) is 19.1. The fourth-order valence-electron chi connectivity index (χ4n) is 12.6. The van der Waals surface area contributed by atoms with E-state index < -0.39 is 0 Å². The maximum absolute atomic E-state index is 4.96. The van der Waals surface area contributed by atoms with Gasteiger partial charge in [0.05, 0.1) is 44.1 Å². The molecule has 1 unspecified atom stereocenters. The van der Waals surface area contributed by atoms with Gasteiger partial charge in [0.1, 0.15) is 0 Å². The van der Waals surface area contributed by atoms with E-state index in [0.717, 1.165) is 33.8 Å². The molecule has 0 N–H and O–H groups in total. The Bertz CT molecular complexity index is 4780. The van der Waals surface area contributed by atoms with Crippen LogP contribution in [0.4, 0.5) is 0 Å². The van der Waals surface area contributed by atoms with Gasteiger partial charge in [-0.05, 0) is 94.9 Å². The number of hydrogen-bond acceptors (Lipinski definition) is 0. The smallest absolute Gasteiger partial charge is 0.0788 e. The van der Waals surface area contributed by atoms with Crippen LogP contribution >= 0.6 is 0 Å². The van der Waals surface area contributed by atoms with E-state index in [1.165, 1.54) is 98.4 Å². The summed E-state index contributed by atoms with van der Waals surface area (Å²) in [5, 5.41) is 9.84. The van der Waals surface area contributed by atoms with Gasteiger partial charge in [-0.25, -0.2) is 0 Å². The molecule has 4 heteroatoms. The third kappa shape index (κ3) is 6.71. The molecule has 0 bridgehead atoms. The summed E-state index contributed by atoms with van der Waals surface area (Å²) in [5.74, 6) is -0.0720. The molecule has 76 heavy (non-hydrogen) atoms. The zero-order valence-corrected chi connectivity index (χ0v) is 41.8. The van der Waals surface area contributed by atoms with Gasteiger partial charge in [0.2, 0.25) is 0 Å². The molecule has 4 nitrogen and oxygen atoms in total. The van der Waals surface area contributed by atoms with Crippen LogP contribution in [0.25, 0.3) is 127 Å². The fraction of sp³-hybridized carbons (Fsp3) is 0.0278. The number of nitrogens with zero attached hydrogens (tertiary/aromatic N) is 4. The Labute approximate surface area is 440 Å². The van der Waals surface area contributed by atoms with Gasteiger partial charge >= 0.3 is 0 Å². The first-order valence-electron chi connectivity index (χ1n) is 26.3. The number of benzene rings is 11. The Morgan fingerprint density at radius 3 is 1.26 bits per heavy atom. The van der Waals surface area contributed by atoms with Crippen LogP contribution in [0.1, 0.15) is 23.5 Å². The Morgan fingerprint density at radius 2 is 0.750 bits per heavy atom. The van der Waals surface area contributed by atoms with Crippen LogP contribution in [-0.4, -0.2) is 18.3 Å². The lowest BCUT2D eigenvalue weighted by molar-refractivity contribution is 0.886. The van der Waals surface area contributed by atoms with E-state index in [9.17, 15) is 0 Å². The first-order chi connectivity index (χ1) is 37.7. The van der Waals surface area contributed by atoms with Gasteiger partial charge in [-0.1, -0.05) is 213 Å². The van der Waals surface area contributed by atoms with Gasteiger partial charge < -0.3 is 18.3 Å². The van der Waals surface area contributed by atoms with Crippen molar-refractivity contribution in [3.05, 3.63) is 285 Å². The molecule has 0 radical (unpaired) electrons. The van der Waals surface area contributed by atoms with Gasteiger partial charge in [0, 0.05) is 72.3 Å². The van der Waals surface area contributed by atoms with Gasteiger partial charge in [0.25, 0.3) is 0 Å². The standard InChI is InChI=1S/C72H50N4/c1-48(49-23-6-2-7-24-49)54(35-22-46-73-65-36-18-14-31-56(65)60-42-43-61-57-32-15-19-37-66(57)74(70(61)69(60)73)51-27-10-4-11-28-51)55-41-40-53(47-64(55)50-25-8-3-9-26-50)76-68-39-21-17-34-59(68)63-45-44-62-58-33-16-20-38-67(58)75(71(62)72(63)76)52-29-12-5-13-30-52/h2-34,36-47,54H,1,35H2/b46-22+. The van der Waals surface area contributed by atoms with Crippen molar-refractivity contribution >= 4 is 99.0 Å². The van der Waals surface area contributed by atoms with Crippen molar-refractivity contribution in [1.82, 2.24) is 18.3 Å². The molecule has 0 aliphatic rings. The maximum Gasteiger partial charge on any atom is 0.0788 e. The molecule has 0 saturated heterocycles. The molecule has 15 aromatic rings. The summed E-state index contributed by atoms with van der Waals surface area (Å²) in [5.41, 5.74) is 18.7. The summed E-state index contributed by atoms with van der Waals surface area (Å²) in [7, 11) is 0. The highest BCUT2D eigenvalue weighted by atomic mass is 15.1. The maximum atomic E-state index is 4.96. The minimum atomic E-state index is -0.0720. The molecule has 0 saturated carbocycles. The Kier molecular flexibility index (Phi) is 10.1. The lowest BCUT2D eigenvalue weighted by Crippen LogP contribution is -2.05. The van der Waals surface area contributed by atoms with Crippen LogP contribution in [0.15, 0.2) is 274 Å². The van der Waals surface area contributed by atoms with Crippen LogP contribution in [0.3, 0.4) is 0 Å². The molecule has 4 heterocycles. The molecule has 358 valence electrons. The molecule has 15 rings (SSSR count). The molecule has 0 fully saturated rings. The van der Waals surface area contributed by atoms with Crippen molar-refractivity contribution in [2.45, 2.75) is 12.3 Å². The molecule has 1 atom stereocenters. The van der Waals surface area contributed by atoms with E-state index in [0.29, 0.717) is 6.42 Å². The van der Waals surface area contributed by atoms with Gasteiger partial charge in [-0.3, -0.25) is 0 Å². The number of hydrogen-bond donors (Lipinski definition) is 0. The number of allylic oxidation sites excluding steroid dienone is 2. The number of aromatic nitrogens is 4. The molecular weight excluding hydrogens is 921 g/mol. The van der Waals surface area contributed by atoms with E-state index >= 15 is 0 Å². The molecular formula is C72H50N4. The third-order valence-electron chi connectivity index (χ3n) is 15.9. The van der Waals surface area contributed by atoms with Gasteiger partial charge in [-0.2, -0.15) is 0 Å². The second-order valence-electron chi connectivity index (χ2n) is 20.0. The van der Waals surface area contributed by atoms with Crippen LogP contribution in [0, 0.1) is 0 Å². The number of fused-ring (bicyclic) bond motifs is 14. The predicted molar refractivity (Wildman–Crippen MR) is 323 cm³/mol. The first-order valence-corrected chi connectivity index (χ1v) is 26.3. The van der Waals surface area contributed by atoms with E-state index in [4.69, 9.17) is 6.58 Å². The molecule has 4 aromatic heterocycles. The van der Waals surface area contributed by atoms with Gasteiger partial charge in [0.15, 0.2) is 0 Å². The summed E-state index contributed by atoms with van der Waals surface area (Å²) in [6.45, 7) is 4.96. The zero-order valence-electron chi connectivity index (χ0n) is 41.8. The molecule has 0 spiro atoms. The first kappa shape index (κ1) is 43.7. The molecule has 11 aromatic carbocycles. The lowest BCUT2D eigenvalue weighted by Gasteiger charge is -2.24. The average Bonchev–Trinajstić information content (AvgIpc) is 4.22. The number of rotatable bonds is 10. The second kappa shape index (κ2) is 17.7. The monoisotopic (exact) mass is 970 g/mol. The third-order valence-corrected chi connectivity index (χ3v) is 15.9. The van der Waals surface area contributed by atoms with Crippen LogP contribution < -0.4 is 0 Å². The fourth-order valence-corrected chi connectivity index (χ4v) is 12.6. The molecule has 0 aliphatic heterocycles. The van der Waals surface area contributed by atoms with E-state index in [-0.39, 0.29) is 5.92 Å². The lowest BCUT2D eigenvalue weighted by atomic mass is 9.81. The van der Waals surface area contributed by atoms with Crippen LogP contribution in [0.2, 0.25) is 0 Å². The van der Waals surface area contributed by atoms with Crippen molar-refractivity contribution in [1.29, 1.82) is 0 Å². The minimum absolute atomic E-state index is 0.0720. The van der Waals surface area contributed by atoms with Gasteiger partial charge in [-0.15, -0.1) is 0 Å². The summed E-state index contributed by atoms with van der Waals surface area (Å²) >= 11 is 0. The number of para-hydroxylation sites is 6. The van der Waals surface area contributed by atoms with Crippen LogP contribution in [0.5, 0.6) is 0 Å². The summed E-state index contributed by atoms with van der Waals surface area (Å²) < 4.78 is 9.87. The van der Waals surface area contributed by atoms with Crippen LogP contribution in [-0.2, 0) is 0 Å². The minimum Gasteiger partial charge on any atom is -0.314 e. The largest absolute Gasteiger partial charge is 0.314 e. The SMILES string of the molecule is C=C(c1ccccc1)C(C/C=C/n1c2ccccc2c2ccc3c4ccccc4n(-c4ccccc4)c3c21)c1ccc(-n2c3ccccc3c3ccc4c5ccccc5n(-c5ccccc5)c4c32)cc1-c1ccccc1. The topological polar surface area (TPSA) is 19.7 Å². The van der Waals surface area contributed by atoms with Crippen molar-refractivity contribution in [2.75, 3.05) is 0 Å². The summed E-state index contributed by atoms with van der Waals surface area (Å²) in [6, 6.07) is 95.2. The van der Waals surface area contributed by atoms with E-state index in [2.05, 4.69) is 291 Å². The Balaban J connectivity index is 0.951. The highest BCUT2D eigenvalue weighted by Gasteiger charge is 2.25. The average molecular weight is 971 g/mol. The zero-order chi connectivity index (χ0) is 50.3. The van der Waals surface area contributed by atoms with Crippen molar-refractivity contribution in [3.63, 3.8) is 0 Å². The molecule has 0 amide bonds. The van der Waals surface area contributed by atoms with Crippen molar-refractivity contribution < 1.29 is 0 Å². The van der Waals surface area contributed by atoms with Crippen molar-refractivity contribution in [3.8, 4) is 28.2 Å². The summed E-state index contributed by atoms with van der Waals surface area (Å²) in [4.78, 5) is 0. The normalized spacial score (nSPS) is 12.5. The van der Waals surface area contributed by atoms with E-state index in [1.807, 2.05) is 0 Å². The Hall–Kier alpha value is -9.90. The van der Waals surface area contributed by atoms with E-state index in [1.54, 1.807) is 0 Å².